The van der Waals surface area contributed by atoms with Gasteiger partial charge in [0.1, 0.15) is 0 Å². The molecule has 0 aromatic heterocycles. The summed E-state index contributed by atoms with van der Waals surface area (Å²) in [5.74, 6) is -0.969. The number of hydrogen-bond acceptors (Lipinski definition) is 3. The van der Waals surface area contributed by atoms with Gasteiger partial charge in [-0.15, -0.1) is 0 Å². The van der Waals surface area contributed by atoms with Crippen molar-refractivity contribution in [3.8, 4) is 0 Å². The summed E-state index contributed by atoms with van der Waals surface area (Å²) in [5.41, 5.74) is -0.567. The van der Waals surface area contributed by atoms with Gasteiger partial charge < -0.3 is 15.1 Å². The van der Waals surface area contributed by atoms with E-state index in [2.05, 4.69) is 0 Å². The Morgan fingerprint density at radius 2 is 1.68 bits per heavy atom. The predicted molar refractivity (Wildman–Crippen MR) is 73.8 cm³/mol. The topological polar surface area (TPSA) is 77.8 Å². The molecule has 0 fully saturated rings. The molecule has 0 heterocycles. The van der Waals surface area contributed by atoms with E-state index in [4.69, 9.17) is 10.2 Å². The molecular formula is C14H27NO4. The first-order chi connectivity index (χ1) is 8.77. The van der Waals surface area contributed by atoms with E-state index in [-0.39, 0.29) is 31.4 Å². The molecule has 0 spiro atoms. The van der Waals surface area contributed by atoms with Gasteiger partial charge in [0.25, 0.3) is 0 Å². The number of nitrogens with zero attached hydrogens (tertiary/aromatic N) is 1. The van der Waals surface area contributed by atoms with Crippen molar-refractivity contribution in [3.63, 3.8) is 0 Å². The van der Waals surface area contributed by atoms with Crippen LogP contribution in [0.3, 0.4) is 0 Å². The molecule has 0 atom stereocenters. The monoisotopic (exact) mass is 273 g/mol. The average Bonchev–Trinajstić information content (AvgIpc) is 2.26. The van der Waals surface area contributed by atoms with Crippen LogP contribution in [-0.4, -0.2) is 46.2 Å². The van der Waals surface area contributed by atoms with Crippen LogP contribution in [0.5, 0.6) is 0 Å². The van der Waals surface area contributed by atoms with Crippen molar-refractivity contribution in [2.24, 2.45) is 5.41 Å². The second kappa shape index (κ2) is 8.15. The molecule has 0 aliphatic carbocycles. The van der Waals surface area contributed by atoms with E-state index in [0.717, 1.165) is 12.8 Å². The van der Waals surface area contributed by atoms with Gasteiger partial charge in [-0.05, 0) is 18.3 Å². The molecule has 0 saturated heterocycles. The summed E-state index contributed by atoms with van der Waals surface area (Å²) < 4.78 is 0. The molecule has 0 rings (SSSR count). The van der Waals surface area contributed by atoms with E-state index in [9.17, 15) is 9.59 Å². The van der Waals surface area contributed by atoms with E-state index in [1.165, 1.54) is 0 Å². The fourth-order valence-electron chi connectivity index (χ4n) is 2.33. The van der Waals surface area contributed by atoms with Gasteiger partial charge >= 0.3 is 5.97 Å². The molecule has 5 nitrogen and oxygen atoms in total. The molecule has 0 aromatic rings. The Morgan fingerprint density at radius 3 is 2.05 bits per heavy atom. The van der Waals surface area contributed by atoms with Gasteiger partial charge in [-0.2, -0.15) is 0 Å². The summed E-state index contributed by atoms with van der Waals surface area (Å²) >= 11 is 0. The van der Waals surface area contributed by atoms with Crippen LogP contribution in [0.2, 0.25) is 0 Å². The number of carboxylic acids is 1. The molecule has 5 heteroatoms. The van der Waals surface area contributed by atoms with E-state index in [1.54, 1.807) is 18.7 Å². The number of aliphatic hydroxyl groups excluding tert-OH is 1. The van der Waals surface area contributed by atoms with E-state index in [1.807, 2.05) is 13.8 Å². The Bertz CT molecular complexity index is 298. The largest absolute Gasteiger partial charge is 0.481 e. The van der Waals surface area contributed by atoms with Crippen LogP contribution in [0.25, 0.3) is 0 Å². The van der Waals surface area contributed by atoms with E-state index < -0.39 is 11.4 Å². The van der Waals surface area contributed by atoms with Crippen molar-refractivity contribution in [2.75, 3.05) is 13.2 Å². The first kappa shape index (κ1) is 17.9. The summed E-state index contributed by atoms with van der Waals surface area (Å²) in [4.78, 5) is 24.8. The maximum absolute atomic E-state index is 12.3. The first-order valence-electron chi connectivity index (χ1n) is 6.89. The summed E-state index contributed by atoms with van der Waals surface area (Å²) in [6.45, 7) is 7.82. The molecule has 19 heavy (non-hydrogen) atoms. The minimum Gasteiger partial charge on any atom is -0.481 e. The average molecular weight is 273 g/mol. The Labute approximate surface area is 115 Å². The highest BCUT2D eigenvalue weighted by molar-refractivity contribution is 5.78. The Kier molecular flexibility index (Phi) is 7.68. The van der Waals surface area contributed by atoms with Gasteiger partial charge in [-0.25, -0.2) is 0 Å². The normalized spacial score (nSPS) is 11.7. The minimum absolute atomic E-state index is 0.0331. The van der Waals surface area contributed by atoms with Crippen molar-refractivity contribution in [3.05, 3.63) is 0 Å². The molecule has 0 aliphatic heterocycles. The molecular weight excluding hydrogens is 246 g/mol. The third kappa shape index (κ3) is 6.57. The van der Waals surface area contributed by atoms with E-state index >= 15 is 0 Å². The summed E-state index contributed by atoms with van der Waals surface area (Å²) in [7, 11) is 0. The van der Waals surface area contributed by atoms with Crippen molar-refractivity contribution in [1.29, 1.82) is 0 Å². The zero-order chi connectivity index (χ0) is 15.1. The molecule has 1 amide bonds. The standard InChI is InChI=1S/C14H27NO4/c1-5-11(6-2)15(7-8-16)12(17)9-14(3,4)10-13(18)19/h11,16H,5-10H2,1-4H3,(H,18,19). The first-order valence-corrected chi connectivity index (χ1v) is 6.89. The van der Waals surface area contributed by atoms with Crippen LogP contribution < -0.4 is 0 Å². The molecule has 0 unspecified atom stereocenters. The fourth-order valence-corrected chi connectivity index (χ4v) is 2.33. The van der Waals surface area contributed by atoms with Gasteiger partial charge in [0.15, 0.2) is 0 Å². The third-order valence-corrected chi connectivity index (χ3v) is 3.30. The number of carbonyl (C=O) groups excluding carboxylic acids is 1. The molecule has 0 radical (unpaired) electrons. The van der Waals surface area contributed by atoms with Crippen molar-refractivity contribution in [2.45, 2.75) is 59.4 Å². The molecule has 2 N–H and O–H groups in total. The molecule has 0 aliphatic rings. The quantitative estimate of drug-likeness (QED) is 0.672. The van der Waals surface area contributed by atoms with Crippen LogP contribution in [-0.2, 0) is 9.59 Å². The summed E-state index contributed by atoms with van der Waals surface area (Å²) in [6, 6.07) is 0.111. The second-order valence-corrected chi connectivity index (χ2v) is 5.69. The van der Waals surface area contributed by atoms with Gasteiger partial charge in [0.05, 0.1) is 13.0 Å². The van der Waals surface area contributed by atoms with Gasteiger partial charge in [0.2, 0.25) is 5.91 Å². The maximum atomic E-state index is 12.3. The highest BCUT2D eigenvalue weighted by Gasteiger charge is 2.29. The lowest BCUT2D eigenvalue weighted by atomic mass is 9.85. The number of carbonyl (C=O) groups is 2. The van der Waals surface area contributed by atoms with Gasteiger partial charge in [-0.3, -0.25) is 9.59 Å². The van der Waals surface area contributed by atoms with Crippen LogP contribution in [0.4, 0.5) is 0 Å². The zero-order valence-corrected chi connectivity index (χ0v) is 12.5. The zero-order valence-electron chi connectivity index (χ0n) is 12.5. The summed E-state index contributed by atoms with van der Waals surface area (Å²) in [5, 5.41) is 17.9. The van der Waals surface area contributed by atoms with Gasteiger partial charge in [0, 0.05) is 19.0 Å². The fraction of sp³-hybridized carbons (Fsp3) is 0.857. The Morgan fingerprint density at radius 1 is 1.16 bits per heavy atom. The molecule has 112 valence electrons. The van der Waals surface area contributed by atoms with Crippen molar-refractivity contribution < 1.29 is 19.8 Å². The predicted octanol–water partition coefficient (Wildman–Crippen LogP) is 1.89. The number of aliphatic hydroxyl groups is 1. The lowest BCUT2D eigenvalue weighted by Gasteiger charge is -2.33. The highest BCUT2D eigenvalue weighted by Crippen LogP contribution is 2.27. The van der Waals surface area contributed by atoms with Crippen LogP contribution >= 0.6 is 0 Å². The van der Waals surface area contributed by atoms with Crippen molar-refractivity contribution >= 4 is 11.9 Å². The number of aliphatic carboxylic acids is 1. The highest BCUT2D eigenvalue weighted by atomic mass is 16.4. The summed E-state index contributed by atoms with van der Waals surface area (Å²) in [6.07, 6.45) is 1.83. The number of amides is 1. The molecule has 0 saturated carbocycles. The number of hydrogen-bond donors (Lipinski definition) is 2. The molecule has 0 aromatic carbocycles. The maximum Gasteiger partial charge on any atom is 0.303 e. The van der Waals surface area contributed by atoms with Crippen LogP contribution in [0.1, 0.15) is 53.4 Å². The number of carboxylic acid groups (broad SMARTS) is 1. The Hall–Kier alpha value is -1.10. The Balaban J connectivity index is 4.76. The number of rotatable bonds is 9. The van der Waals surface area contributed by atoms with Crippen molar-refractivity contribution in [1.82, 2.24) is 4.90 Å². The molecule has 0 bridgehead atoms. The lowest BCUT2D eigenvalue weighted by Crippen LogP contribution is -2.43. The van der Waals surface area contributed by atoms with Gasteiger partial charge in [-0.1, -0.05) is 27.7 Å². The van der Waals surface area contributed by atoms with Crippen LogP contribution in [0, 0.1) is 5.41 Å². The smallest absolute Gasteiger partial charge is 0.303 e. The minimum atomic E-state index is -0.894. The van der Waals surface area contributed by atoms with E-state index in [0.29, 0.717) is 6.54 Å². The SMILES string of the molecule is CCC(CC)N(CCO)C(=O)CC(C)(C)CC(=O)O. The van der Waals surface area contributed by atoms with Crippen LogP contribution in [0.15, 0.2) is 0 Å². The second-order valence-electron chi connectivity index (χ2n) is 5.69. The third-order valence-electron chi connectivity index (χ3n) is 3.30. The lowest BCUT2D eigenvalue weighted by molar-refractivity contribution is -0.141.